The molecule has 0 bridgehead atoms. The predicted octanol–water partition coefficient (Wildman–Crippen LogP) is 2.82. The van der Waals surface area contributed by atoms with Crippen LogP contribution in [-0.4, -0.2) is 26.7 Å². The topological polar surface area (TPSA) is 55.4 Å². The average Bonchev–Trinajstić information content (AvgIpc) is 2.84. The van der Waals surface area contributed by atoms with Crippen LogP contribution in [0.5, 0.6) is 5.75 Å². The Morgan fingerprint density at radius 1 is 1.35 bits per heavy atom. The van der Waals surface area contributed by atoms with Gasteiger partial charge >= 0.3 is 0 Å². The molecule has 0 saturated carbocycles. The first-order chi connectivity index (χ1) is 9.52. The molecule has 0 aliphatic carbocycles. The fourth-order valence-corrected chi connectivity index (χ4v) is 3.97. The van der Waals surface area contributed by atoms with Crippen LogP contribution in [0.3, 0.4) is 0 Å². The maximum Gasteiger partial charge on any atom is 0.211 e. The summed E-state index contributed by atoms with van der Waals surface area (Å²) in [5, 5.41) is 0. The second-order valence-corrected chi connectivity index (χ2v) is 7.91. The highest BCUT2D eigenvalue weighted by molar-refractivity contribution is 9.10. The van der Waals surface area contributed by atoms with Gasteiger partial charge in [-0.05, 0) is 30.5 Å². The molecule has 4 nitrogen and oxygen atoms in total. The summed E-state index contributed by atoms with van der Waals surface area (Å²) in [6.07, 6.45) is 2.15. The molecule has 0 aromatic heterocycles. The number of sulfonamides is 1. The highest BCUT2D eigenvalue weighted by atomic mass is 79.9. The van der Waals surface area contributed by atoms with Crippen LogP contribution >= 0.6 is 27.5 Å². The van der Waals surface area contributed by atoms with E-state index in [0.717, 1.165) is 27.8 Å². The lowest BCUT2D eigenvalue weighted by atomic mass is 10.1. The molecule has 0 radical (unpaired) electrons. The number of ether oxygens (including phenoxy) is 1. The summed E-state index contributed by atoms with van der Waals surface area (Å²) in [5.41, 5.74) is 1.99. The van der Waals surface area contributed by atoms with Gasteiger partial charge in [-0.15, -0.1) is 11.6 Å². The van der Waals surface area contributed by atoms with Crippen molar-refractivity contribution in [2.75, 3.05) is 18.2 Å². The number of unbranched alkanes of at least 4 members (excludes halogenated alkanes) is 1. The van der Waals surface area contributed by atoms with Gasteiger partial charge in [0.1, 0.15) is 5.75 Å². The molecule has 1 aromatic rings. The van der Waals surface area contributed by atoms with Crippen LogP contribution in [-0.2, 0) is 23.0 Å². The van der Waals surface area contributed by atoms with Gasteiger partial charge in [0.15, 0.2) is 0 Å². The van der Waals surface area contributed by atoms with Crippen LogP contribution in [0.4, 0.5) is 0 Å². The first kappa shape index (κ1) is 16.1. The third kappa shape index (κ3) is 4.35. The van der Waals surface area contributed by atoms with Crippen molar-refractivity contribution in [1.29, 1.82) is 0 Å². The van der Waals surface area contributed by atoms with E-state index in [1.54, 1.807) is 0 Å². The van der Waals surface area contributed by atoms with E-state index in [9.17, 15) is 8.42 Å². The lowest BCUT2D eigenvalue weighted by molar-refractivity contribution is 0.353. The first-order valence-electron chi connectivity index (χ1n) is 6.49. The summed E-state index contributed by atoms with van der Waals surface area (Å²) in [7, 11) is -3.26. The maximum atomic E-state index is 11.9. The van der Waals surface area contributed by atoms with Gasteiger partial charge < -0.3 is 4.74 Å². The number of benzene rings is 1. The minimum Gasteiger partial charge on any atom is -0.493 e. The molecule has 2 rings (SSSR count). The Bertz CT molecular complexity index is 577. The molecule has 1 N–H and O–H groups in total. The molecule has 0 unspecified atom stereocenters. The molecule has 112 valence electrons. The van der Waals surface area contributed by atoms with Gasteiger partial charge in [0, 0.05) is 28.9 Å². The monoisotopic (exact) mass is 381 g/mol. The molecule has 0 atom stereocenters. The number of halogens is 2. The van der Waals surface area contributed by atoms with Crippen LogP contribution in [0.2, 0.25) is 0 Å². The Morgan fingerprint density at radius 2 is 2.15 bits per heavy atom. The van der Waals surface area contributed by atoms with Crippen molar-refractivity contribution in [3.8, 4) is 5.75 Å². The SMILES string of the molecule is O=S(=O)(CCCCCl)NCc1cc(Br)cc2c1OCC2. The van der Waals surface area contributed by atoms with Crippen molar-refractivity contribution in [3.05, 3.63) is 27.7 Å². The zero-order chi connectivity index (χ0) is 14.6. The Hall–Kier alpha value is -0.300. The number of rotatable bonds is 7. The van der Waals surface area contributed by atoms with Crippen molar-refractivity contribution in [3.63, 3.8) is 0 Å². The lowest BCUT2D eigenvalue weighted by Crippen LogP contribution is -2.26. The second kappa shape index (κ2) is 7.11. The minimum atomic E-state index is -3.26. The van der Waals surface area contributed by atoms with E-state index >= 15 is 0 Å². The Kier molecular flexibility index (Phi) is 5.72. The van der Waals surface area contributed by atoms with Crippen molar-refractivity contribution < 1.29 is 13.2 Å². The summed E-state index contributed by atoms with van der Waals surface area (Å²) in [4.78, 5) is 0. The minimum absolute atomic E-state index is 0.108. The van der Waals surface area contributed by atoms with Crippen LogP contribution < -0.4 is 9.46 Å². The van der Waals surface area contributed by atoms with E-state index < -0.39 is 10.0 Å². The van der Waals surface area contributed by atoms with E-state index in [2.05, 4.69) is 20.7 Å². The normalized spacial score (nSPS) is 14.1. The van der Waals surface area contributed by atoms with Gasteiger partial charge in [-0.3, -0.25) is 0 Å². The molecule has 1 aliphatic heterocycles. The Labute approximate surface area is 133 Å². The highest BCUT2D eigenvalue weighted by Gasteiger charge is 2.19. The van der Waals surface area contributed by atoms with Gasteiger partial charge in [0.25, 0.3) is 0 Å². The smallest absolute Gasteiger partial charge is 0.211 e. The molecule has 0 spiro atoms. The summed E-state index contributed by atoms with van der Waals surface area (Å²) >= 11 is 8.99. The number of alkyl halides is 1. The predicted molar refractivity (Wildman–Crippen MR) is 83.9 cm³/mol. The van der Waals surface area contributed by atoms with Gasteiger partial charge in [-0.1, -0.05) is 15.9 Å². The number of hydrogen-bond acceptors (Lipinski definition) is 3. The van der Waals surface area contributed by atoms with Gasteiger partial charge in [0.2, 0.25) is 10.0 Å². The standard InChI is InChI=1S/C13H17BrClNO3S/c14-12-7-10-3-5-19-13(10)11(8-12)9-16-20(17,18)6-2-1-4-15/h7-8,16H,1-6,9H2. The average molecular weight is 383 g/mol. The highest BCUT2D eigenvalue weighted by Crippen LogP contribution is 2.32. The first-order valence-corrected chi connectivity index (χ1v) is 9.47. The van der Waals surface area contributed by atoms with E-state index in [1.165, 1.54) is 0 Å². The van der Waals surface area contributed by atoms with Crippen molar-refractivity contribution in [2.24, 2.45) is 0 Å². The zero-order valence-corrected chi connectivity index (χ0v) is 14.2. The van der Waals surface area contributed by atoms with Crippen LogP contribution in [0, 0.1) is 0 Å². The van der Waals surface area contributed by atoms with E-state index in [4.69, 9.17) is 16.3 Å². The molecule has 20 heavy (non-hydrogen) atoms. The number of fused-ring (bicyclic) bond motifs is 1. The molecular weight excluding hydrogens is 366 g/mol. The molecule has 1 heterocycles. The number of hydrogen-bond donors (Lipinski definition) is 1. The lowest BCUT2D eigenvalue weighted by Gasteiger charge is -2.11. The summed E-state index contributed by atoms with van der Waals surface area (Å²) in [6.45, 7) is 0.909. The molecule has 7 heteroatoms. The van der Waals surface area contributed by atoms with Crippen LogP contribution in [0.1, 0.15) is 24.0 Å². The summed E-state index contributed by atoms with van der Waals surface area (Å²) in [5.74, 6) is 1.41. The van der Waals surface area contributed by atoms with Crippen molar-refractivity contribution in [2.45, 2.75) is 25.8 Å². The Balaban J connectivity index is 2.01. The van der Waals surface area contributed by atoms with Crippen LogP contribution in [0.15, 0.2) is 16.6 Å². The van der Waals surface area contributed by atoms with Crippen molar-refractivity contribution >= 4 is 37.6 Å². The van der Waals surface area contributed by atoms with Gasteiger partial charge in [0.05, 0.1) is 12.4 Å². The molecule has 1 aliphatic rings. The molecule has 1 aromatic carbocycles. The van der Waals surface area contributed by atoms with E-state index in [1.807, 2.05) is 12.1 Å². The van der Waals surface area contributed by atoms with Crippen molar-refractivity contribution in [1.82, 2.24) is 4.72 Å². The molecule has 0 amide bonds. The zero-order valence-electron chi connectivity index (χ0n) is 11.0. The van der Waals surface area contributed by atoms with Crippen LogP contribution in [0.25, 0.3) is 0 Å². The fourth-order valence-electron chi connectivity index (χ4n) is 2.12. The van der Waals surface area contributed by atoms with Gasteiger partial charge in [-0.2, -0.15) is 0 Å². The number of nitrogens with one attached hydrogen (secondary N) is 1. The molecule has 0 saturated heterocycles. The van der Waals surface area contributed by atoms with E-state index in [-0.39, 0.29) is 12.3 Å². The largest absolute Gasteiger partial charge is 0.493 e. The third-order valence-corrected chi connectivity index (χ3v) is 5.24. The second-order valence-electron chi connectivity index (χ2n) is 4.69. The van der Waals surface area contributed by atoms with E-state index in [0.29, 0.717) is 25.3 Å². The third-order valence-electron chi connectivity index (χ3n) is 3.10. The molecular formula is C13H17BrClNO3S. The summed E-state index contributed by atoms with van der Waals surface area (Å²) in [6, 6.07) is 3.91. The molecule has 0 fully saturated rings. The maximum absolute atomic E-state index is 11.9. The quantitative estimate of drug-likeness (QED) is 0.583. The Morgan fingerprint density at radius 3 is 2.90 bits per heavy atom. The fraction of sp³-hybridized carbons (Fsp3) is 0.538. The summed E-state index contributed by atoms with van der Waals surface area (Å²) < 4.78 is 32.9. The van der Waals surface area contributed by atoms with Gasteiger partial charge in [-0.25, -0.2) is 13.1 Å².